The maximum atomic E-state index is 13.2. The van der Waals surface area contributed by atoms with Gasteiger partial charge in [-0.3, -0.25) is 9.78 Å². The lowest BCUT2D eigenvalue weighted by atomic mass is 9.92. The quantitative estimate of drug-likeness (QED) is 0.266. The van der Waals surface area contributed by atoms with Crippen LogP contribution in [0.2, 0.25) is 0 Å². The Morgan fingerprint density at radius 2 is 1.51 bits per heavy atom. The number of rotatable bonds is 6. The largest absolute Gasteiger partial charge is 0.365 e. The zero-order chi connectivity index (χ0) is 27.8. The molecule has 3 aromatic heterocycles. The van der Waals surface area contributed by atoms with E-state index in [1.165, 1.54) is 12.8 Å². The Morgan fingerprint density at radius 3 is 2.26 bits per heavy atom. The van der Waals surface area contributed by atoms with E-state index >= 15 is 0 Å². The molecule has 13 heteroatoms. The van der Waals surface area contributed by atoms with Gasteiger partial charge in [0.15, 0.2) is 17.0 Å². The van der Waals surface area contributed by atoms with Crippen molar-refractivity contribution >= 4 is 64.7 Å². The molecule has 7 rings (SSSR count). The number of halogens is 2. The highest BCUT2D eigenvalue weighted by Crippen LogP contribution is 2.34. The third-order valence-electron chi connectivity index (χ3n) is 9.04. The van der Waals surface area contributed by atoms with Crippen LogP contribution in [0.3, 0.4) is 0 Å². The lowest BCUT2D eigenvalue weighted by Crippen LogP contribution is -2.42. The number of hydrogen-bond donors (Lipinski definition) is 3. The molecule has 2 saturated carbocycles. The third-order valence-corrected chi connectivity index (χ3v) is 9.04. The zero-order valence-corrected chi connectivity index (χ0v) is 25.8. The van der Waals surface area contributed by atoms with Crippen molar-refractivity contribution in [1.29, 1.82) is 0 Å². The average molecular weight is 628 g/mol. The summed E-state index contributed by atoms with van der Waals surface area (Å²) in [6.07, 6.45) is 14.1. The molecule has 0 bridgehead atoms. The molecule has 2 aliphatic carbocycles. The molecule has 0 spiro atoms. The molecule has 1 aromatic carbocycles. The number of imidazole rings is 1. The van der Waals surface area contributed by atoms with E-state index < -0.39 is 0 Å². The number of carbonyl (C=O) groups excluding carboxylic acids is 1. The fourth-order valence-corrected chi connectivity index (χ4v) is 6.62. The lowest BCUT2D eigenvalue weighted by molar-refractivity contribution is 0.0712. The number of amides is 1. The fourth-order valence-electron chi connectivity index (χ4n) is 6.62. The SMILES string of the molecule is Cl.Cl.N[C@H]1CC[C@H](Nc2nc(NC3CCN(C(=O)c4cnc5ccccc5n4)CC3)c3ncn(C4CCCC4)c3n2)CC1. The first-order valence-electron chi connectivity index (χ1n) is 15.1. The van der Waals surface area contributed by atoms with Gasteiger partial charge in [0.1, 0.15) is 5.69 Å². The summed E-state index contributed by atoms with van der Waals surface area (Å²) in [4.78, 5) is 38.8. The summed E-state index contributed by atoms with van der Waals surface area (Å²) >= 11 is 0. The van der Waals surface area contributed by atoms with Gasteiger partial charge in [-0.25, -0.2) is 9.97 Å². The van der Waals surface area contributed by atoms with Crippen LogP contribution in [-0.2, 0) is 0 Å². The van der Waals surface area contributed by atoms with Gasteiger partial charge < -0.3 is 25.8 Å². The molecule has 4 aromatic rings. The van der Waals surface area contributed by atoms with Gasteiger partial charge >= 0.3 is 0 Å². The van der Waals surface area contributed by atoms with Crippen LogP contribution in [-0.4, -0.2) is 71.5 Å². The summed E-state index contributed by atoms with van der Waals surface area (Å²) in [5, 5.41) is 7.29. The number of hydrogen-bond acceptors (Lipinski definition) is 9. The number of para-hydroxylation sites is 2. The number of fused-ring (bicyclic) bond motifs is 2. The van der Waals surface area contributed by atoms with Crippen LogP contribution in [0.15, 0.2) is 36.8 Å². The first kappa shape index (κ1) is 31.2. The number of nitrogens with zero attached hydrogens (tertiary/aromatic N) is 7. The van der Waals surface area contributed by atoms with Gasteiger partial charge in [-0.2, -0.15) is 9.97 Å². The van der Waals surface area contributed by atoms with Crippen LogP contribution >= 0.6 is 24.8 Å². The van der Waals surface area contributed by atoms with Gasteiger partial charge in [0.05, 0.1) is 23.6 Å². The summed E-state index contributed by atoms with van der Waals surface area (Å²) < 4.78 is 2.25. The Hall–Kier alpha value is -3.28. The number of piperidine rings is 1. The van der Waals surface area contributed by atoms with Crippen molar-refractivity contribution < 1.29 is 4.79 Å². The highest BCUT2D eigenvalue weighted by Gasteiger charge is 2.28. The second-order valence-electron chi connectivity index (χ2n) is 11.9. The van der Waals surface area contributed by atoms with Gasteiger partial charge in [-0.1, -0.05) is 25.0 Å². The van der Waals surface area contributed by atoms with Crippen LogP contribution in [0.25, 0.3) is 22.2 Å². The van der Waals surface area contributed by atoms with E-state index in [-0.39, 0.29) is 36.8 Å². The minimum atomic E-state index is -0.0693. The lowest BCUT2D eigenvalue weighted by Gasteiger charge is -2.32. The maximum Gasteiger partial charge on any atom is 0.274 e. The third kappa shape index (κ3) is 6.63. The molecule has 1 saturated heterocycles. The van der Waals surface area contributed by atoms with E-state index in [1.807, 2.05) is 35.5 Å². The number of carbonyl (C=O) groups is 1. The van der Waals surface area contributed by atoms with Gasteiger partial charge in [-0.15, -0.1) is 24.8 Å². The normalized spacial score (nSPS) is 21.4. The molecular weight excluding hydrogens is 587 g/mol. The minimum Gasteiger partial charge on any atom is -0.365 e. The van der Waals surface area contributed by atoms with Crippen molar-refractivity contribution in [3.63, 3.8) is 0 Å². The first-order valence-corrected chi connectivity index (χ1v) is 15.1. The second kappa shape index (κ2) is 13.6. The molecule has 3 fully saturated rings. The van der Waals surface area contributed by atoms with Gasteiger partial charge in [0.25, 0.3) is 5.91 Å². The standard InChI is InChI=1S/C30H38N10O.2ClH/c31-19-9-11-20(12-10-19)35-30-37-27(26-28(38-30)40(18-33-26)22-5-1-2-6-22)34-21-13-15-39(16-14-21)29(41)25-17-32-23-7-3-4-8-24(23)36-25;;/h3-4,7-8,17-22H,1-2,5-6,9-16,31H2,(H2,34,35,37,38);2*1H/t19-,20-;;. The van der Waals surface area contributed by atoms with Gasteiger partial charge in [0.2, 0.25) is 5.95 Å². The van der Waals surface area contributed by atoms with Crippen LogP contribution in [0.5, 0.6) is 0 Å². The molecule has 1 aliphatic heterocycles. The van der Waals surface area contributed by atoms with Crippen molar-refractivity contribution in [3.05, 3.63) is 42.5 Å². The Labute approximate surface area is 263 Å². The van der Waals surface area contributed by atoms with Crippen molar-refractivity contribution in [1.82, 2.24) is 34.4 Å². The van der Waals surface area contributed by atoms with E-state index in [0.29, 0.717) is 42.9 Å². The topological polar surface area (TPSA) is 140 Å². The Balaban J connectivity index is 0.00000184. The first-order chi connectivity index (χ1) is 20.1. The van der Waals surface area contributed by atoms with Gasteiger partial charge in [-0.05, 0) is 63.5 Å². The monoisotopic (exact) mass is 626 g/mol. The van der Waals surface area contributed by atoms with Crippen LogP contribution in [0, 0.1) is 0 Å². The maximum absolute atomic E-state index is 13.2. The molecular formula is C30H40Cl2N10O. The molecule has 4 N–H and O–H groups in total. The summed E-state index contributed by atoms with van der Waals surface area (Å²) in [6, 6.07) is 8.87. The minimum absolute atomic E-state index is 0. The number of aromatic nitrogens is 6. The molecule has 43 heavy (non-hydrogen) atoms. The Bertz CT molecular complexity index is 1540. The van der Waals surface area contributed by atoms with Crippen LogP contribution < -0.4 is 16.4 Å². The molecule has 1 amide bonds. The predicted octanol–water partition coefficient (Wildman–Crippen LogP) is 5.13. The van der Waals surface area contributed by atoms with E-state index in [4.69, 9.17) is 20.7 Å². The second-order valence-corrected chi connectivity index (χ2v) is 11.9. The van der Waals surface area contributed by atoms with Crippen LogP contribution in [0.4, 0.5) is 11.8 Å². The average Bonchev–Trinajstić information content (AvgIpc) is 3.69. The molecule has 0 atom stereocenters. The molecule has 0 radical (unpaired) electrons. The van der Waals surface area contributed by atoms with Crippen molar-refractivity contribution in [2.45, 2.75) is 88.4 Å². The van der Waals surface area contributed by atoms with Crippen molar-refractivity contribution in [2.75, 3.05) is 23.7 Å². The fraction of sp³-hybridized carbons (Fsp3) is 0.533. The zero-order valence-electron chi connectivity index (χ0n) is 24.2. The number of nitrogens with two attached hydrogens (primary N) is 1. The van der Waals surface area contributed by atoms with E-state index in [0.717, 1.165) is 79.4 Å². The van der Waals surface area contributed by atoms with Gasteiger partial charge in [0, 0.05) is 37.3 Å². The molecule has 11 nitrogen and oxygen atoms in total. The van der Waals surface area contributed by atoms with Crippen molar-refractivity contribution in [3.8, 4) is 0 Å². The number of likely N-dealkylation sites (tertiary alicyclic amines) is 1. The number of anilines is 2. The Kier molecular flexibility index (Phi) is 9.83. The summed E-state index contributed by atoms with van der Waals surface area (Å²) in [6.45, 7) is 1.28. The Morgan fingerprint density at radius 1 is 0.814 bits per heavy atom. The smallest absolute Gasteiger partial charge is 0.274 e. The van der Waals surface area contributed by atoms with E-state index in [2.05, 4.69) is 25.2 Å². The van der Waals surface area contributed by atoms with E-state index in [9.17, 15) is 4.79 Å². The summed E-state index contributed by atoms with van der Waals surface area (Å²) in [7, 11) is 0. The number of benzene rings is 1. The highest BCUT2D eigenvalue weighted by atomic mass is 35.5. The number of nitrogens with one attached hydrogen (secondary N) is 2. The van der Waals surface area contributed by atoms with Crippen LogP contribution in [0.1, 0.15) is 80.7 Å². The predicted molar refractivity (Wildman–Crippen MR) is 173 cm³/mol. The molecule has 4 heterocycles. The summed E-state index contributed by atoms with van der Waals surface area (Å²) in [5.41, 5.74) is 9.77. The molecule has 3 aliphatic rings. The molecule has 230 valence electrons. The summed E-state index contributed by atoms with van der Waals surface area (Å²) in [5.74, 6) is 1.36. The highest BCUT2D eigenvalue weighted by molar-refractivity contribution is 5.94. The van der Waals surface area contributed by atoms with E-state index in [1.54, 1.807) is 6.20 Å². The van der Waals surface area contributed by atoms with Crippen molar-refractivity contribution in [2.24, 2.45) is 5.73 Å². The molecule has 0 unspecified atom stereocenters.